The van der Waals surface area contributed by atoms with Crippen LogP contribution in [0, 0.1) is 6.92 Å². The molecular weight excluding hydrogens is 493 g/mol. The molecule has 1 aromatic heterocycles. The molecule has 29 heavy (non-hydrogen) atoms. The second-order valence-electron chi connectivity index (χ2n) is 7.33. The number of fused-ring (bicyclic) bond motifs is 1. The number of hydrogen-bond donors (Lipinski definition) is 0. The fraction of sp³-hybridized carbons (Fsp3) is 0.375. The summed E-state index contributed by atoms with van der Waals surface area (Å²) in [6.07, 6.45) is 3.28. The highest BCUT2D eigenvalue weighted by Crippen LogP contribution is 2.36. The molecule has 0 amide bonds. The topological polar surface area (TPSA) is 31.4 Å². The molecule has 0 fully saturated rings. The van der Waals surface area contributed by atoms with E-state index in [1.54, 1.807) is 11.3 Å². The Hall–Kier alpha value is -1.60. The minimum Gasteiger partial charge on any atom is -0.494 e. The molecule has 152 valence electrons. The lowest BCUT2D eigenvalue weighted by Crippen LogP contribution is -2.03. The number of aryl methyl sites for hydroxylation is 2. The summed E-state index contributed by atoms with van der Waals surface area (Å²) in [5, 5.41) is 1.06. The third kappa shape index (κ3) is 4.77. The van der Waals surface area contributed by atoms with E-state index in [1.807, 2.05) is 19.1 Å². The second kappa shape index (κ2) is 9.47. The smallest absolute Gasteiger partial charge is 0.123 e. The normalized spacial score (nSPS) is 15.3. The molecule has 0 saturated heterocycles. The summed E-state index contributed by atoms with van der Waals surface area (Å²) >= 11 is 4.24. The highest BCUT2D eigenvalue weighted by molar-refractivity contribution is 14.1. The van der Waals surface area contributed by atoms with Gasteiger partial charge in [-0.25, -0.2) is 4.98 Å². The van der Waals surface area contributed by atoms with Gasteiger partial charge in [-0.3, -0.25) is 0 Å². The van der Waals surface area contributed by atoms with Crippen molar-refractivity contribution in [1.29, 1.82) is 0 Å². The van der Waals surface area contributed by atoms with Crippen molar-refractivity contribution in [2.75, 3.05) is 17.6 Å². The largest absolute Gasteiger partial charge is 0.494 e. The number of alkyl halides is 1. The molecule has 4 rings (SSSR count). The van der Waals surface area contributed by atoms with E-state index >= 15 is 0 Å². The number of aromatic nitrogens is 1. The average molecular weight is 519 g/mol. The fourth-order valence-corrected chi connectivity index (χ4v) is 5.72. The lowest BCUT2D eigenvalue weighted by atomic mass is 10.0. The molecule has 0 spiro atoms. The van der Waals surface area contributed by atoms with Gasteiger partial charge in [0.1, 0.15) is 16.5 Å². The summed E-state index contributed by atoms with van der Waals surface area (Å²) in [6, 6.07) is 14.8. The molecule has 0 radical (unpaired) electrons. The van der Waals surface area contributed by atoms with Crippen LogP contribution in [0.4, 0.5) is 0 Å². The molecule has 3 nitrogen and oxygen atoms in total. The van der Waals surface area contributed by atoms with E-state index in [2.05, 4.69) is 59.8 Å². The molecule has 1 atom stereocenters. The first kappa shape index (κ1) is 20.7. The van der Waals surface area contributed by atoms with Crippen LogP contribution in [0.5, 0.6) is 11.5 Å². The molecule has 1 aliphatic rings. The van der Waals surface area contributed by atoms with E-state index in [0.717, 1.165) is 40.1 Å². The lowest BCUT2D eigenvalue weighted by Gasteiger charge is -2.10. The van der Waals surface area contributed by atoms with Crippen molar-refractivity contribution in [2.45, 2.75) is 39.0 Å². The molecule has 0 aliphatic heterocycles. The van der Waals surface area contributed by atoms with Crippen LogP contribution >= 0.6 is 33.9 Å². The standard InChI is InChI=1S/C24H26INO2S/c1-3-27-20-8-6-17(7-9-20)24-26-23(16(2)29-24)12-13-28-21-10-11-22-18(14-21)4-5-19(22)15-25/h6-11,14,19H,3-5,12-13,15H2,1-2H3/t19-/m0/s1. The van der Waals surface area contributed by atoms with E-state index in [1.165, 1.54) is 33.3 Å². The number of ether oxygens (including phenoxy) is 2. The molecule has 0 N–H and O–H groups in total. The third-order valence-electron chi connectivity index (χ3n) is 5.42. The Morgan fingerprint density at radius 3 is 2.66 bits per heavy atom. The van der Waals surface area contributed by atoms with Crippen molar-refractivity contribution in [2.24, 2.45) is 0 Å². The van der Waals surface area contributed by atoms with Crippen molar-refractivity contribution in [1.82, 2.24) is 4.98 Å². The minimum absolute atomic E-state index is 0.655. The van der Waals surface area contributed by atoms with Crippen LogP contribution in [0.15, 0.2) is 42.5 Å². The number of rotatable bonds is 8. The zero-order chi connectivity index (χ0) is 20.2. The van der Waals surface area contributed by atoms with Gasteiger partial charge in [0.05, 0.1) is 18.9 Å². The van der Waals surface area contributed by atoms with Gasteiger partial charge in [0.15, 0.2) is 0 Å². The third-order valence-corrected chi connectivity index (χ3v) is 7.54. The van der Waals surface area contributed by atoms with Crippen molar-refractivity contribution < 1.29 is 9.47 Å². The van der Waals surface area contributed by atoms with Crippen LogP contribution < -0.4 is 9.47 Å². The van der Waals surface area contributed by atoms with E-state index < -0.39 is 0 Å². The summed E-state index contributed by atoms with van der Waals surface area (Å²) in [5.41, 5.74) is 5.25. The van der Waals surface area contributed by atoms with Gasteiger partial charge in [-0.15, -0.1) is 11.3 Å². The van der Waals surface area contributed by atoms with Gasteiger partial charge in [-0.2, -0.15) is 0 Å². The van der Waals surface area contributed by atoms with Gasteiger partial charge < -0.3 is 9.47 Å². The Kier molecular flexibility index (Phi) is 6.75. The zero-order valence-electron chi connectivity index (χ0n) is 16.9. The summed E-state index contributed by atoms with van der Waals surface area (Å²) in [4.78, 5) is 6.12. The SMILES string of the molecule is CCOc1ccc(-c2nc(CCOc3ccc4c(c3)CC[C@H]4CI)c(C)s2)cc1. The van der Waals surface area contributed by atoms with Crippen LogP contribution in [-0.4, -0.2) is 22.6 Å². The lowest BCUT2D eigenvalue weighted by molar-refractivity contribution is 0.320. The fourth-order valence-electron chi connectivity index (χ4n) is 3.84. The van der Waals surface area contributed by atoms with Gasteiger partial charge >= 0.3 is 0 Å². The number of benzene rings is 2. The molecule has 1 aliphatic carbocycles. The van der Waals surface area contributed by atoms with E-state index in [-0.39, 0.29) is 0 Å². The van der Waals surface area contributed by atoms with Gasteiger partial charge in [0.25, 0.3) is 0 Å². The minimum atomic E-state index is 0.655. The first-order valence-corrected chi connectivity index (χ1v) is 12.5. The predicted molar refractivity (Wildman–Crippen MR) is 129 cm³/mol. The van der Waals surface area contributed by atoms with Crippen molar-refractivity contribution in [3.63, 3.8) is 0 Å². The van der Waals surface area contributed by atoms with Gasteiger partial charge in [-0.1, -0.05) is 28.7 Å². The molecule has 0 unspecified atom stereocenters. The Labute approximate surface area is 190 Å². The van der Waals surface area contributed by atoms with Gasteiger partial charge in [0, 0.05) is 21.3 Å². The Morgan fingerprint density at radius 1 is 1.10 bits per heavy atom. The van der Waals surface area contributed by atoms with Crippen LogP contribution in [0.3, 0.4) is 0 Å². The number of nitrogens with zero attached hydrogens (tertiary/aromatic N) is 1. The second-order valence-corrected chi connectivity index (χ2v) is 9.41. The van der Waals surface area contributed by atoms with E-state index in [0.29, 0.717) is 13.2 Å². The zero-order valence-corrected chi connectivity index (χ0v) is 19.9. The number of hydrogen-bond acceptors (Lipinski definition) is 4. The molecule has 3 aromatic rings. The van der Waals surface area contributed by atoms with E-state index in [9.17, 15) is 0 Å². The predicted octanol–water partition coefficient (Wildman–Crippen LogP) is 6.60. The molecule has 0 saturated carbocycles. The average Bonchev–Trinajstić information content (AvgIpc) is 3.32. The van der Waals surface area contributed by atoms with Gasteiger partial charge in [0.2, 0.25) is 0 Å². The monoisotopic (exact) mass is 519 g/mol. The van der Waals surface area contributed by atoms with Crippen LogP contribution in [0.2, 0.25) is 0 Å². The van der Waals surface area contributed by atoms with Crippen molar-refractivity contribution in [3.05, 3.63) is 64.2 Å². The Bertz CT molecular complexity index is 968. The molecule has 0 bridgehead atoms. The summed E-state index contributed by atoms with van der Waals surface area (Å²) < 4.78 is 12.8. The summed E-state index contributed by atoms with van der Waals surface area (Å²) in [6.45, 7) is 5.48. The van der Waals surface area contributed by atoms with Crippen LogP contribution in [0.25, 0.3) is 10.6 Å². The maximum atomic E-state index is 6.06. The van der Waals surface area contributed by atoms with Crippen molar-refractivity contribution >= 4 is 33.9 Å². The first-order chi connectivity index (χ1) is 14.2. The Morgan fingerprint density at radius 2 is 1.90 bits per heavy atom. The first-order valence-electron chi connectivity index (χ1n) is 10.2. The van der Waals surface area contributed by atoms with E-state index in [4.69, 9.17) is 14.5 Å². The summed E-state index contributed by atoms with van der Waals surface area (Å²) in [7, 11) is 0. The highest BCUT2D eigenvalue weighted by Gasteiger charge is 2.21. The number of thiazole rings is 1. The summed E-state index contributed by atoms with van der Waals surface area (Å²) in [5.74, 6) is 2.60. The Balaban J connectivity index is 1.37. The maximum Gasteiger partial charge on any atom is 0.123 e. The highest BCUT2D eigenvalue weighted by atomic mass is 127. The molecule has 5 heteroatoms. The van der Waals surface area contributed by atoms with Crippen LogP contribution in [-0.2, 0) is 12.8 Å². The van der Waals surface area contributed by atoms with Crippen LogP contribution in [0.1, 0.15) is 41.0 Å². The quantitative estimate of drug-likeness (QED) is 0.248. The molecule has 2 aromatic carbocycles. The van der Waals surface area contributed by atoms with Crippen molar-refractivity contribution in [3.8, 4) is 22.1 Å². The number of halogens is 1. The molecule has 1 heterocycles. The molecular formula is C24H26INO2S. The van der Waals surface area contributed by atoms with Gasteiger partial charge in [-0.05, 0) is 80.1 Å². The maximum absolute atomic E-state index is 6.06.